The number of carbonyl (C=O) groups excluding carboxylic acids is 1. The van der Waals surface area contributed by atoms with E-state index in [1.54, 1.807) is 12.0 Å². The van der Waals surface area contributed by atoms with Crippen molar-refractivity contribution in [2.45, 2.75) is 37.6 Å². The van der Waals surface area contributed by atoms with Gasteiger partial charge in [0.05, 0.1) is 12.6 Å². The van der Waals surface area contributed by atoms with Crippen molar-refractivity contribution in [1.29, 1.82) is 0 Å². The van der Waals surface area contributed by atoms with Gasteiger partial charge in [-0.2, -0.15) is 0 Å². The Morgan fingerprint density at radius 1 is 1.05 bits per heavy atom. The van der Waals surface area contributed by atoms with Gasteiger partial charge in [0.15, 0.2) is 17.5 Å². The SMILES string of the molecule is COc1cccc2c(C3CCN(C(C(=O)O)C4CCN(C(=O)C=Cc5cc(F)c(F)c(F)c5)CC4)CC3)c[nH]c12. The molecule has 1 atom stereocenters. The number of carbonyl (C=O) groups is 2. The average Bonchev–Trinajstić information content (AvgIpc) is 3.40. The maximum Gasteiger partial charge on any atom is 0.321 e. The Balaban J connectivity index is 1.18. The van der Waals surface area contributed by atoms with Crippen LogP contribution in [0, 0.1) is 23.4 Å². The number of hydrogen-bond acceptors (Lipinski definition) is 4. The van der Waals surface area contributed by atoms with E-state index in [2.05, 4.69) is 16.0 Å². The summed E-state index contributed by atoms with van der Waals surface area (Å²) in [5, 5.41) is 11.3. The van der Waals surface area contributed by atoms with Crippen LogP contribution in [-0.2, 0) is 9.59 Å². The number of methoxy groups -OCH3 is 1. The van der Waals surface area contributed by atoms with Crippen molar-refractivity contribution in [3.8, 4) is 5.75 Å². The number of halogens is 3. The average molecular weight is 556 g/mol. The number of rotatable bonds is 7. The predicted octanol–water partition coefficient (Wildman–Crippen LogP) is 5.18. The zero-order valence-electron chi connectivity index (χ0n) is 22.2. The number of amides is 1. The zero-order valence-corrected chi connectivity index (χ0v) is 22.2. The molecule has 2 saturated heterocycles. The number of carboxylic acid groups (broad SMARTS) is 1. The lowest BCUT2D eigenvalue weighted by Crippen LogP contribution is -2.52. The Hall–Kier alpha value is -3.79. The minimum atomic E-state index is -1.55. The first-order valence-electron chi connectivity index (χ1n) is 13.5. The number of H-pyrrole nitrogens is 1. The van der Waals surface area contributed by atoms with Crippen molar-refractivity contribution in [2.75, 3.05) is 33.3 Å². The summed E-state index contributed by atoms with van der Waals surface area (Å²) in [6.07, 6.45) is 7.25. The van der Waals surface area contributed by atoms with E-state index < -0.39 is 29.5 Å². The van der Waals surface area contributed by atoms with Gasteiger partial charge in [-0.05, 0) is 86.0 Å². The van der Waals surface area contributed by atoms with E-state index in [1.165, 1.54) is 17.7 Å². The van der Waals surface area contributed by atoms with Gasteiger partial charge < -0.3 is 19.7 Å². The largest absolute Gasteiger partial charge is 0.495 e. The van der Waals surface area contributed by atoms with Crippen molar-refractivity contribution in [3.05, 3.63) is 71.2 Å². The predicted molar refractivity (Wildman–Crippen MR) is 144 cm³/mol. The number of hydrogen-bond donors (Lipinski definition) is 2. The first kappa shape index (κ1) is 27.8. The van der Waals surface area contributed by atoms with E-state index in [0.29, 0.717) is 44.9 Å². The summed E-state index contributed by atoms with van der Waals surface area (Å²) in [5.74, 6) is -4.36. The molecule has 7 nitrogen and oxygen atoms in total. The first-order chi connectivity index (χ1) is 19.3. The molecule has 40 heavy (non-hydrogen) atoms. The molecule has 1 aromatic heterocycles. The Morgan fingerprint density at radius 3 is 2.35 bits per heavy atom. The number of ether oxygens (including phenoxy) is 1. The Labute approximate surface area is 230 Å². The van der Waals surface area contributed by atoms with Crippen LogP contribution in [0.15, 0.2) is 42.6 Å². The number of aromatic amines is 1. The number of benzene rings is 2. The molecule has 10 heteroatoms. The number of aromatic nitrogens is 1. The second kappa shape index (κ2) is 11.8. The number of aliphatic carboxylic acids is 1. The molecule has 2 fully saturated rings. The van der Waals surface area contributed by atoms with Crippen LogP contribution in [0.2, 0.25) is 0 Å². The van der Waals surface area contributed by atoms with Gasteiger partial charge >= 0.3 is 5.97 Å². The van der Waals surface area contributed by atoms with Crippen molar-refractivity contribution >= 4 is 28.9 Å². The van der Waals surface area contributed by atoms with Crippen LogP contribution in [0.1, 0.15) is 42.7 Å². The second-order valence-electron chi connectivity index (χ2n) is 10.5. The van der Waals surface area contributed by atoms with Gasteiger partial charge in [-0.1, -0.05) is 12.1 Å². The number of para-hydroxylation sites is 1. The lowest BCUT2D eigenvalue weighted by atomic mass is 9.84. The summed E-state index contributed by atoms with van der Waals surface area (Å²) in [7, 11) is 1.65. The highest BCUT2D eigenvalue weighted by Crippen LogP contribution is 2.37. The molecule has 1 amide bonds. The number of carboxylic acids is 1. The van der Waals surface area contributed by atoms with Crippen molar-refractivity contribution in [1.82, 2.24) is 14.8 Å². The minimum absolute atomic E-state index is 0.0424. The fraction of sp³-hybridized carbons (Fsp3) is 0.400. The molecular formula is C30H32F3N3O4. The Bertz CT molecular complexity index is 1400. The zero-order chi connectivity index (χ0) is 28.4. The van der Waals surface area contributed by atoms with Gasteiger partial charge in [0.2, 0.25) is 5.91 Å². The molecule has 0 radical (unpaired) electrons. The van der Waals surface area contributed by atoms with Crippen LogP contribution >= 0.6 is 0 Å². The van der Waals surface area contributed by atoms with Gasteiger partial charge in [0.1, 0.15) is 11.8 Å². The maximum atomic E-state index is 13.4. The topological polar surface area (TPSA) is 85.9 Å². The number of piperidine rings is 2. The lowest BCUT2D eigenvalue weighted by molar-refractivity contribution is -0.147. The molecular weight excluding hydrogens is 523 g/mol. The van der Waals surface area contributed by atoms with Gasteiger partial charge in [-0.15, -0.1) is 0 Å². The Kier molecular flexibility index (Phi) is 8.16. The standard InChI is InChI=1S/C30H32F3N3O4/c1-40-25-4-2-3-21-22(17-34-28(21)25)19-7-13-36(14-8-19)29(30(38)39)20-9-11-35(12-10-20)26(37)6-5-18-15-23(31)27(33)24(32)16-18/h2-6,15-17,19-20,29,34H,7-14H2,1H3,(H,38,39). The molecule has 5 rings (SSSR count). The van der Waals surface area contributed by atoms with E-state index in [9.17, 15) is 27.9 Å². The molecule has 2 aliphatic heterocycles. The summed E-state index contributed by atoms with van der Waals surface area (Å²) in [6, 6.07) is 7.00. The summed E-state index contributed by atoms with van der Waals surface area (Å²) in [5.41, 5.74) is 2.24. The number of nitrogens with one attached hydrogen (secondary N) is 1. The van der Waals surface area contributed by atoms with Crippen LogP contribution in [0.4, 0.5) is 13.2 Å². The highest BCUT2D eigenvalue weighted by molar-refractivity contribution is 5.92. The molecule has 0 bridgehead atoms. The molecule has 2 N–H and O–H groups in total. The van der Waals surface area contributed by atoms with Crippen LogP contribution in [0.3, 0.4) is 0 Å². The monoisotopic (exact) mass is 555 g/mol. The van der Waals surface area contributed by atoms with Crippen molar-refractivity contribution in [3.63, 3.8) is 0 Å². The van der Waals surface area contributed by atoms with E-state index in [4.69, 9.17) is 4.74 Å². The summed E-state index contributed by atoms with van der Waals surface area (Å²) in [4.78, 5) is 32.0. The fourth-order valence-electron chi connectivity index (χ4n) is 6.18. The molecule has 0 aliphatic carbocycles. The molecule has 0 saturated carbocycles. The van der Waals surface area contributed by atoms with Gasteiger partial charge in [-0.3, -0.25) is 14.5 Å². The first-order valence-corrected chi connectivity index (χ1v) is 13.5. The summed E-state index contributed by atoms with van der Waals surface area (Å²) >= 11 is 0. The molecule has 1 unspecified atom stereocenters. The highest BCUT2D eigenvalue weighted by Gasteiger charge is 2.38. The highest BCUT2D eigenvalue weighted by atomic mass is 19.2. The van der Waals surface area contributed by atoms with Gasteiger partial charge in [-0.25, -0.2) is 13.2 Å². The quantitative estimate of drug-likeness (QED) is 0.310. The van der Waals surface area contributed by atoms with E-state index in [0.717, 1.165) is 41.6 Å². The van der Waals surface area contributed by atoms with Gasteiger partial charge in [0, 0.05) is 30.7 Å². The molecule has 0 spiro atoms. The fourth-order valence-corrected chi connectivity index (χ4v) is 6.18. The summed E-state index contributed by atoms with van der Waals surface area (Å²) < 4.78 is 45.5. The Morgan fingerprint density at radius 2 is 1.73 bits per heavy atom. The lowest BCUT2D eigenvalue weighted by Gasteiger charge is -2.41. The van der Waals surface area contributed by atoms with E-state index in [-0.39, 0.29) is 17.4 Å². The molecule has 2 aliphatic rings. The third kappa shape index (κ3) is 5.58. The normalized spacial score (nSPS) is 18.4. The third-order valence-corrected chi connectivity index (χ3v) is 8.27. The summed E-state index contributed by atoms with van der Waals surface area (Å²) in [6.45, 7) is 2.12. The molecule has 3 heterocycles. The van der Waals surface area contributed by atoms with Crippen LogP contribution in [0.25, 0.3) is 17.0 Å². The molecule has 3 aromatic rings. The van der Waals surface area contributed by atoms with E-state index >= 15 is 0 Å². The van der Waals surface area contributed by atoms with Crippen molar-refractivity contribution < 1.29 is 32.6 Å². The van der Waals surface area contributed by atoms with Crippen LogP contribution in [0.5, 0.6) is 5.75 Å². The van der Waals surface area contributed by atoms with Crippen molar-refractivity contribution in [2.24, 2.45) is 5.92 Å². The molecule has 2 aromatic carbocycles. The maximum absolute atomic E-state index is 13.4. The van der Waals surface area contributed by atoms with Gasteiger partial charge in [0.25, 0.3) is 0 Å². The number of likely N-dealkylation sites (tertiary alicyclic amines) is 2. The third-order valence-electron chi connectivity index (χ3n) is 8.27. The van der Waals surface area contributed by atoms with E-state index in [1.807, 2.05) is 18.3 Å². The molecule has 212 valence electrons. The number of nitrogens with zero attached hydrogens (tertiary/aromatic N) is 2. The second-order valence-corrected chi connectivity index (χ2v) is 10.5. The smallest absolute Gasteiger partial charge is 0.321 e. The minimum Gasteiger partial charge on any atom is -0.495 e. The van der Waals surface area contributed by atoms with Crippen LogP contribution in [-0.4, -0.2) is 71.1 Å². The number of fused-ring (bicyclic) bond motifs is 1. The van der Waals surface area contributed by atoms with Crippen LogP contribution < -0.4 is 4.74 Å².